The first kappa shape index (κ1) is 15.3. The Balaban J connectivity index is 1.68. The average Bonchev–Trinajstić information content (AvgIpc) is 2.98. The van der Waals surface area contributed by atoms with Crippen LogP contribution >= 0.6 is 0 Å². The molecule has 0 saturated heterocycles. The second-order valence-corrected chi connectivity index (χ2v) is 6.38. The van der Waals surface area contributed by atoms with E-state index in [4.69, 9.17) is 0 Å². The van der Waals surface area contributed by atoms with Gasteiger partial charge in [-0.15, -0.1) is 0 Å². The molecule has 4 rings (SSSR count). The van der Waals surface area contributed by atoms with E-state index in [9.17, 15) is 5.26 Å². The second kappa shape index (κ2) is 6.33. The lowest BCUT2D eigenvalue weighted by Gasteiger charge is -2.24. The molecule has 0 bridgehead atoms. The average molecular weight is 325 g/mol. The van der Waals surface area contributed by atoms with E-state index in [0.717, 1.165) is 23.3 Å². The number of nitriles is 1. The summed E-state index contributed by atoms with van der Waals surface area (Å²) < 4.78 is 0. The number of para-hydroxylation sites is 1. The van der Waals surface area contributed by atoms with E-state index in [1.54, 1.807) is 0 Å². The summed E-state index contributed by atoms with van der Waals surface area (Å²) in [6.45, 7) is 2.84. The second-order valence-electron chi connectivity index (χ2n) is 6.38. The Labute approximate surface area is 147 Å². The van der Waals surface area contributed by atoms with Gasteiger partial charge in [0.05, 0.1) is 11.6 Å². The number of allylic oxidation sites excluding steroid dienone is 2. The molecular formula is C22H19N3. The van der Waals surface area contributed by atoms with Crippen LogP contribution in [0, 0.1) is 18.3 Å². The Kier molecular flexibility index (Phi) is 3.87. The molecule has 3 aromatic rings. The van der Waals surface area contributed by atoms with Crippen molar-refractivity contribution in [2.45, 2.75) is 19.4 Å². The van der Waals surface area contributed by atoms with Crippen LogP contribution in [0.5, 0.6) is 0 Å². The molecule has 0 aliphatic carbocycles. The minimum absolute atomic E-state index is 0.00632. The summed E-state index contributed by atoms with van der Waals surface area (Å²) in [4.78, 5) is 5.51. The summed E-state index contributed by atoms with van der Waals surface area (Å²) in [5, 5.41) is 10.9. The standard InChI is InChI=1S/C22H19N3/c1-16-22(20-9-5-6-10-21(20)24-16)19-11-12-25(15-18(19)13-23)14-17-7-3-2-4-8-17/h2-12,15,19,24H,14H2,1H3. The number of rotatable bonds is 3. The number of nitrogens with zero attached hydrogens (tertiary/aromatic N) is 2. The SMILES string of the molecule is Cc1[nH]c2ccccc2c1C1C=CN(Cc2ccccc2)C=C1C#N. The number of hydrogen-bond donors (Lipinski definition) is 1. The Morgan fingerprint density at radius 3 is 2.64 bits per heavy atom. The molecule has 1 N–H and O–H groups in total. The summed E-state index contributed by atoms with van der Waals surface area (Å²) in [6, 6.07) is 21.0. The monoisotopic (exact) mass is 325 g/mol. The van der Waals surface area contributed by atoms with Gasteiger partial charge >= 0.3 is 0 Å². The topological polar surface area (TPSA) is 42.8 Å². The highest BCUT2D eigenvalue weighted by molar-refractivity contribution is 5.86. The smallest absolute Gasteiger partial charge is 0.0972 e. The molecule has 1 atom stereocenters. The predicted molar refractivity (Wildman–Crippen MR) is 101 cm³/mol. The molecule has 122 valence electrons. The van der Waals surface area contributed by atoms with E-state index in [1.807, 2.05) is 36.5 Å². The van der Waals surface area contributed by atoms with Crippen LogP contribution in [0.3, 0.4) is 0 Å². The highest BCUT2D eigenvalue weighted by Gasteiger charge is 2.23. The first-order valence-corrected chi connectivity index (χ1v) is 8.43. The van der Waals surface area contributed by atoms with Crippen molar-refractivity contribution in [2.75, 3.05) is 0 Å². The lowest BCUT2D eigenvalue weighted by Crippen LogP contribution is -2.16. The number of benzene rings is 2. The normalized spacial score (nSPS) is 16.7. The molecule has 1 unspecified atom stereocenters. The molecule has 0 spiro atoms. The van der Waals surface area contributed by atoms with Crippen molar-refractivity contribution in [2.24, 2.45) is 0 Å². The first-order valence-electron chi connectivity index (χ1n) is 8.43. The quantitative estimate of drug-likeness (QED) is 0.736. The lowest BCUT2D eigenvalue weighted by molar-refractivity contribution is 0.485. The zero-order valence-corrected chi connectivity index (χ0v) is 14.1. The molecule has 1 aliphatic heterocycles. The maximum atomic E-state index is 9.72. The van der Waals surface area contributed by atoms with Crippen LogP contribution in [-0.4, -0.2) is 9.88 Å². The summed E-state index contributed by atoms with van der Waals surface area (Å²) in [5.41, 5.74) is 5.42. The fourth-order valence-corrected chi connectivity index (χ4v) is 3.54. The fourth-order valence-electron chi connectivity index (χ4n) is 3.54. The van der Waals surface area contributed by atoms with Crippen molar-refractivity contribution in [1.82, 2.24) is 9.88 Å². The zero-order chi connectivity index (χ0) is 17.2. The number of fused-ring (bicyclic) bond motifs is 1. The van der Waals surface area contributed by atoms with E-state index in [1.165, 1.54) is 16.5 Å². The third kappa shape index (κ3) is 2.83. The maximum Gasteiger partial charge on any atom is 0.0972 e. The van der Waals surface area contributed by atoms with Gasteiger partial charge in [-0.2, -0.15) is 5.26 Å². The molecule has 0 radical (unpaired) electrons. The van der Waals surface area contributed by atoms with E-state index in [2.05, 4.69) is 59.4 Å². The van der Waals surface area contributed by atoms with Gasteiger partial charge in [-0.05, 0) is 24.1 Å². The first-order chi connectivity index (χ1) is 12.3. The Bertz CT molecular complexity index is 1000. The largest absolute Gasteiger partial charge is 0.358 e. The number of aryl methyl sites for hydroxylation is 1. The maximum absolute atomic E-state index is 9.72. The van der Waals surface area contributed by atoms with Crippen molar-refractivity contribution in [3.05, 3.63) is 95.5 Å². The van der Waals surface area contributed by atoms with Crippen LogP contribution in [0.2, 0.25) is 0 Å². The van der Waals surface area contributed by atoms with Gasteiger partial charge in [-0.25, -0.2) is 0 Å². The molecule has 3 nitrogen and oxygen atoms in total. The molecule has 0 amide bonds. The minimum Gasteiger partial charge on any atom is -0.358 e. The van der Waals surface area contributed by atoms with Crippen LogP contribution in [0.4, 0.5) is 0 Å². The van der Waals surface area contributed by atoms with Gasteiger partial charge in [-0.1, -0.05) is 54.6 Å². The van der Waals surface area contributed by atoms with Crippen LogP contribution < -0.4 is 0 Å². The van der Waals surface area contributed by atoms with Gasteiger partial charge in [0.25, 0.3) is 0 Å². The molecule has 0 saturated carbocycles. The van der Waals surface area contributed by atoms with Gasteiger partial charge in [0.2, 0.25) is 0 Å². The molecule has 25 heavy (non-hydrogen) atoms. The van der Waals surface area contributed by atoms with E-state index >= 15 is 0 Å². The highest BCUT2D eigenvalue weighted by atomic mass is 15.1. The Morgan fingerprint density at radius 1 is 1.08 bits per heavy atom. The van der Waals surface area contributed by atoms with E-state index in [-0.39, 0.29) is 5.92 Å². The van der Waals surface area contributed by atoms with Crippen molar-refractivity contribution in [3.8, 4) is 6.07 Å². The Morgan fingerprint density at radius 2 is 1.84 bits per heavy atom. The van der Waals surface area contributed by atoms with Crippen LogP contribution in [-0.2, 0) is 6.54 Å². The third-order valence-electron chi connectivity index (χ3n) is 4.70. The fraction of sp³-hybridized carbons (Fsp3) is 0.136. The lowest BCUT2D eigenvalue weighted by atomic mass is 9.88. The molecule has 3 heteroatoms. The van der Waals surface area contributed by atoms with Crippen LogP contribution in [0.1, 0.15) is 22.7 Å². The molecule has 2 aromatic carbocycles. The van der Waals surface area contributed by atoms with Gasteiger partial charge in [-0.3, -0.25) is 0 Å². The van der Waals surface area contributed by atoms with Gasteiger partial charge < -0.3 is 9.88 Å². The third-order valence-corrected chi connectivity index (χ3v) is 4.70. The number of nitrogens with one attached hydrogen (secondary N) is 1. The van der Waals surface area contributed by atoms with Crippen molar-refractivity contribution >= 4 is 10.9 Å². The summed E-state index contributed by atoms with van der Waals surface area (Å²) in [6.07, 6.45) is 6.18. The van der Waals surface area contributed by atoms with Gasteiger partial charge in [0.15, 0.2) is 0 Å². The van der Waals surface area contributed by atoms with Gasteiger partial charge in [0.1, 0.15) is 0 Å². The van der Waals surface area contributed by atoms with Crippen LogP contribution in [0.15, 0.2) is 78.6 Å². The van der Waals surface area contributed by atoms with E-state index < -0.39 is 0 Å². The predicted octanol–water partition coefficient (Wildman–Crippen LogP) is 5.00. The summed E-state index contributed by atoms with van der Waals surface area (Å²) in [5.74, 6) is -0.00632. The molecule has 1 aliphatic rings. The van der Waals surface area contributed by atoms with Gasteiger partial charge in [0, 0.05) is 41.5 Å². The summed E-state index contributed by atoms with van der Waals surface area (Å²) in [7, 11) is 0. The number of hydrogen-bond acceptors (Lipinski definition) is 2. The number of H-pyrrole nitrogens is 1. The minimum atomic E-state index is -0.00632. The highest BCUT2D eigenvalue weighted by Crippen LogP contribution is 2.36. The Hall–Kier alpha value is -3.25. The van der Waals surface area contributed by atoms with Crippen molar-refractivity contribution in [1.29, 1.82) is 5.26 Å². The summed E-state index contributed by atoms with van der Waals surface area (Å²) >= 11 is 0. The number of aromatic amines is 1. The molecular weight excluding hydrogens is 306 g/mol. The van der Waals surface area contributed by atoms with Crippen molar-refractivity contribution in [3.63, 3.8) is 0 Å². The number of aromatic nitrogens is 1. The zero-order valence-electron chi connectivity index (χ0n) is 14.1. The molecule has 2 heterocycles. The molecule has 0 fully saturated rings. The van der Waals surface area contributed by atoms with E-state index in [0.29, 0.717) is 0 Å². The van der Waals surface area contributed by atoms with Crippen molar-refractivity contribution < 1.29 is 0 Å². The van der Waals surface area contributed by atoms with Crippen LogP contribution in [0.25, 0.3) is 10.9 Å². The molecule has 1 aromatic heterocycles.